The van der Waals surface area contributed by atoms with Crippen molar-refractivity contribution in [2.24, 2.45) is 0 Å². The Balaban J connectivity index is 1.43. The van der Waals surface area contributed by atoms with Gasteiger partial charge in [0.2, 0.25) is 0 Å². The molecule has 0 bridgehead atoms. The number of rotatable bonds is 2. The third-order valence-electron chi connectivity index (χ3n) is 8.91. The van der Waals surface area contributed by atoms with Gasteiger partial charge in [-0.2, -0.15) is 9.13 Å². The maximum atomic E-state index is 7.26. The Morgan fingerprint density at radius 1 is 0.400 bits per heavy atom. The quantitative estimate of drug-likeness (QED) is 0.199. The summed E-state index contributed by atoms with van der Waals surface area (Å²) in [5.41, 5.74) is 8.16. The largest absolute Gasteiger partial charge is 0.590 e. The molecule has 6 aromatic carbocycles. The van der Waals surface area contributed by atoms with Crippen LogP contribution in [0, 0.1) is 0 Å². The maximum Gasteiger partial charge on any atom is 0.590 e. The first-order valence-corrected chi connectivity index (χ1v) is 15.1. The van der Waals surface area contributed by atoms with Crippen LogP contribution in [0.3, 0.4) is 0 Å². The Bertz CT molecular complexity index is 2270. The van der Waals surface area contributed by atoms with Gasteiger partial charge in [-0.3, -0.25) is 0 Å². The lowest BCUT2D eigenvalue weighted by atomic mass is 10.1. The summed E-state index contributed by atoms with van der Waals surface area (Å²) in [6, 6.07) is 53.0. The highest BCUT2D eigenvalue weighted by molar-refractivity contribution is 5.83. The summed E-state index contributed by atoms with van der Waals surface area (Å²) >= 11 is 0. The molecule has 8 aromatic rings. The van der Waals surface area contributed by atoms with Crippen molar-refractivity contribution >= 4 is 22.1 Å². The monoisotopic (exact) mass is 582 g/mol. The molecular formula is C39H26N4O2+2. The average molecular weight is 583 g/mol. The minimum Gasteiger partial charge on any atom is -0.380 e. The number of imidazole rings is 2. The Kier molecular flexibility index (Phi) is 4.83. The maximum absolute atomic E-state index is 7.26. The molecule has 45 heavy (non-hydrogen) atoms. The molecule has 0 radical (unpaired) electrons. The summed E-state index contributed by atoms with van der Waals surface area (Å²) in [6.45, 7) is 0. The van der Waals surface area contributed by atoms with E-state index in [1.165, 1.54) is 0 Å². The lowest BCUT2D eigenvalue weighted by molar-refractivity contribution is -1.04. The molecule has 0 saturated carbocycles. The van der Waals surface area contributed by atoms with Gasteiger partial charge in [0.05, 0.1) is 0 Å². The Labute approximate surface area is 258 Å². The summed E-state index contributed by atoms with van der Waals surface area (Å²) in [7, 11) is 0. The van der Waals surface area contributed by atoms with Crippen LogP contribution in [0.25, 0.3) is 56.2 Å². The zero-order valence-electron chi connectivity index (χ0n) is 24.1. The number of para-hydroxylation sites is 8. The highest BCUT2D eigenvalue weighted by Crippen LogP contribution is 2.45. The average Bonchev–Trinajstić information content (AvgIpc) is 3.65. The Hall–Kier alpha value is -6.14. The molecule has 2 aliphatic rings. The fourth-order valence-electron chi connectivity index (χ4n) is 7.14. The van der Waals surface area contributed by atoms with E-state index in [2.05, 4.69) is 152 Å². The molecule has 4 heterocycles. The summed E-state index contributed by atoms with van der Waals surface area (Å²) < 4.78 is 23.6. The molecule has 0 aliphatic carbocycles. The number of hydrogen-bond donors (Lipinski definition) is 0. The predicted octanol–water partition coefficient (Wildman–Crippen LogP) is 7.38. The Morgan fingerprint density at radius 3 is 1.24 bits per heavy atom. The zero-order chi connectivity index (χ0) is 29.5. The molecule has 10 rings (SSSR count). The third-order valence-corrected chi connectivity index (χ3v) is 8.91. The van der Waals surface area contributed by atoms with E-state index in [9.17, 15) is 0 Å². The second kappa shape index (κ2) is 8.94. The van der Waals surface area contributed by atoms with Crippen LogP contribution in [0.15, 0.2) is 158 Å². The van der Waals surface area contributed by atoms with E-state index in [1.54, 1.807) is 0 Å². The molecule has 0 atom stereocenters. The lowest BCUT2D eigenvalue weighted by Gasteiger charge is -2.35. The van der Waals surface area contributed by atoms with Crippen LogP contribution < -0.4 is 18.6 Å². The van der Waals surface area contributed by atoms with Gasteiger partial charge in [0.15, 0.2) is 22.1 Å². The first-order chi connectivity index (χ1) is 22.3. The van der Waals surface area contributed by atoms with E-state index in [1.807, 2.05) is 24.3 Å². The van der Waals surface area contributed by atoms with Gasteiger partial charge in [0.1, 0.15) is 34.0 Å². The topological polar surface area (TPSA) is 36.1 Å². The van der Waals surface area contributed by atoms with Gasteiger partial charge >= 0.3 is 17.7 Å². The first kappa shape index (κ1) is 24.3. The van der Waals surface area contributed by atoms with Gasteiger partial charge in [-0.15, -0.1) is 9.13 Å². The third kappa shape index (κ3) is 3.17. The van der Waals surface area contributed by atoms with Crippen molar-refractivity contribution in [3.63, 3.8) is 0 Å². The lowest BCUT2D eigenvalue weighted by Crippen LogP contribution is -2.82. The van der Waals surface area contributed by atoms with Crippen LogP contribution in [0.5, 0.6) is 11.5 Å². The number of nitrogens with zero attached hydrogens (tertiary/aromatic N) is 4. The van der Waals surface area contributed by atoms with Crippen molar-refractivity contribution in [1.29, 1.82) is 0 Å². The predicted molar refractivity (Wildman–Crippen MR) is 172 cm³/mol. The zero-order valence-corrected chi connectivity index (χ0v) is 24.1. The van der Waals surface area contributed by atoms with Gasteiger partial charge in [0, 0.05) is 0 Å². The molecule has 0 amide bonds. The fraction of sp³-hybridized carbons (Fsp3) is 0.0256. The summed E-state index contributed by atoms with van der Waals surface area (Å²) in [5, 5.41) is 0. The molecule has 0 fully saturated rings. The van der Waals surface area contributed by atoms with Crippen molar-refractivity contribution in [2.45, 2.75) is 6.03 Å². The number of hydrogen-bond acceptors (Lipinski definition) is 2. The number of benzene rings is 6. The van der Waals surface area contributed by atoms with Crippen molar-refractivity contribution < 1.29 is 18.6 Å². The van der Waals surface area contributed by atoms with E-state index < -0.39 is 6.03 Å². The number of aromatic nitrogens is 4. The van der Waals surface area contributed by atoms with Crippen molar-refractivity contribution in [1.82, 2.24) is 9.13 Å². The summed E-state index contributed by atoms with van der Waals surface area (Å²) in [6.07, 6.45) is 0. The molecule has 212 valence electrons. The minimum absolute atomic E-state index is 0.742. The van der Waals surface area contributed by atoms with Crippen LogP contribution >= 0.6 is 0 Å². The fourth-order valence-corrected chi connectivity index (χ4v) is 7.14. The van der Waals surface area contributed by atoms with Crippen LogP contribution in [0.1, 0.15) is 0 Å². The van der Waals surface area contributed by atoms with Gasteiger partial charge in [-0.05, 0) is 72.8 Å². The molecule has 0 N–H and O–H groups in total. The Morgan fingerprint density at radius 2 is 0.778 bits per heavy atom. The van der Waals surface area contributed by atoms with Crippen LogP contribution in [-0.2, 0) is 6.03 Å². The van der Waals surface area contributed by atoms with Crippen molar-refractivity contribution in [2.75, 3.05) is 0 Å². The SMILES string of the molecule is c1ccc(-n2c3[n+](c4ccccc42)C2(Oc4ccccc4-3)Oc3ccccc3-c3n(-c4ccccc4)c4ccccc4[n+]32)cc1. The second-order valence-corrected chi connectivity index (χ2v) is 11.4. The molecule has 6 nitrogen and oxygen atoms in total. The van der Waals surface area contributed by atoms with Gasteiger partial charge in [-0.25, -0.2) is 0 Å². The highest BCUT2D eigenvalue weighted by atomic mass is 16.7. The molecule has 1 spiro atoms. The van der Waals surface area contributed by atoms with Crippen molar-refractivity contribution in [3.05, 3.63) is 158 Å². The molecule has 2 aliphatic heterocycles. The summed E-state index contributed by atoms with van der Waals surface area (Å²) in [5.74, 6) is 3.43. The standard InChI is InChI=1S/C39H26N4O2/c1-3-15-27(16-4-1)40-31-21-9-11-23-33(31)42-37(40)29-19-7-13-25-35(29)44-39(42)43-34-24-12-10-22-32(34)41(28-17-5-2-6-18-28)38(43)30-20-8-14-26-36(30)45-39/h1-26H/q+2. The van der Waals surface area contributed by atoms with Gasteiger partial charge in [0.25, 0.3) is 0 Å². The highest BCUT2D eigenvalue weighted by Gasteiger charge is 2.64. The van der Waals surface area contributed by atoms with E-state index in [0.29, 0.717) is 0 Å². The van der Waals surface area contributed by atoms with Crippen LogP contribution in [0.2, 0.25) is 0 Å². The first-order valence-electron chi connectivity index (χ1n) is 15.1. The van der Waals surface area contributed by atoms with E-state index >= 15 is 0 Å². The molecule has 2 aromatic heterocycles. The van der Waals surface area contributed by atoms with Crippen molar-refractivity contribution in [3.8, 4) is 45.6 Å². The van der Waals surface area contributed by atoms with E-state index in [4.69, 9.17) is 9.47 Å². The van der Waals surface area contributed by atoms with E-state index in [-0.39, 0.29) is 0 Å². The second-order valence-electron chi connectivity index (χ2n) is 11.4. The summed E-state index contributed by atoms with van der Waals surface area (Å²) in [4.78, 5) is 0. The number of fused-ring (bicyclic) bond motifs is 12. The molecule has 0 unspecified atom stereocenters. The van der Waals surface area contributed by atoms with E-state index in [0.717, 1.165) is 67.7 Å². The molecule has 0 saturated heterocycles. The molecular weight excluding hydrogens is 556 g/mol. The van der Waals surface area contributed by atoms with Crippen LogP contribution in [-0.4, -0.2) is 9.13 Å². The van der Waals surface area contributed by atoms with Crippen LogP contribution in [0.4, 0.5) is 0 Å². The normalized spacial score (nSPS) is 13.9. The van der Waals surface area contributed by atoms with Gasteiger partial charge < -0.3 is 9.47 Å². The molecule has 6 heteroatoms. The van der Waals surface area contributed by atoms with Gasteiger partial charge in [-0.1, -0.05) is 84.9 Å². The number of ether oxygens (including phenoxy) is 2. The minimum atomic E-state index is -1.44. The smallest absolute Gasteiger partial charge is 0.380 e.